The van der Waals surface area contributed by atoms with Crippen LogP contribution < -0.4 is 10.1 Å². The van der Waals surface area contributed by atoms with Crippen molar-refractivity contribution in [1.29, 1.82) is 0 Å². The lowest BCUT2D eigenvalue weighted by Gasteiger charge is -2.31. The molecule has 42 heavy (non-hydrogen) atoms. The van der Waals surface area contributed by atoms with Crippen LogP contribution in [-0.2, 0) is 16.2 Å². The van der Waals surface area contributed by atoms with Crippen molar-refractivity contribution in [2.24, 2.45) is 0 Å². The number of carbonyl (C=O) groups excluding carboxylic acids is 1. The molecule has 3 aromatic heterocycles. The number of likely N-dealkylation sites (N-methyl/N-ethyl adjacent to an activating group) is 1. The van der Waals surface area contributed by atoms with E-state index in [1.54, 1.807) is 0 Å². The van der Waals surface area contributed by atoms with E-state index < -0.39 is 40.0 Å². The number of aromatic nitrogens is 4. The number of aryl methyl sites for hydroxylation is 1. The molecule has 0 saturated carbocycles. The molecule has 1 saturated heterocycles. The van der Waals surface area contributed by atoms with Crippen LogP contribution in [-0.4, -0.2) is 76.5 Å². The number of thiazole rings is 1. The molecule has 1 aliphatic heterocycles. The molecular formula is C24H22F5N7O4S2. The number of nitrogens with one attached hydrogen (secondary N) is 1. The molecule has 0 atom stereocenters. The summed E-state index contributed by atoms with van der Waals surface area (Å²) in [5.74, 6) is -0.332. The number of amides is 1. The Labute approximate surface area is 239 Å². The second kappa shape index (κ2) is 11.2. The number of hydrogen-bond donors (Lipinski definition) is 1. The molecule has 1 amide bonds. The molecule has 0 bridgehead atoms. The van der Waals surface area contributed by atoms with Gasteiger partial charge in [0.15, 0.2) is 20.7 Å². The minimum atomic E-state index is -4.59. The molecular weight excluding hydrogens is 609 g/mol. The Morgan fingerprint density at radius 3 is 2.38 bits per heavy atom. The van der Waals surface area contributed by atoms with E-state index in [0.717, 1.165) is 52.4 Å². The largest absolute Gasteiger partial charge is 0.419 e. The fraction of sp³-hybridized carbons (Fsp3) is 0.333. The zero-order valence-electron chi connectivity index (χ0n) is 21.9. The number of ether oxygens (including phenoxy) is 1. The molecule has 1 aliphatic rings. The third-order valence-electron chi connectivity index (χ3n) is 6.40. The molecule has 4 heterocycles. The second-order valence-electron chi connectivity index (χ2n) is 9.30. The first-order valence-electron chi connectivity index (χ1n) is 12.2. The minimum absolute atomic E-state index is 0.0391. The molecule has 5 rings (SSSR count). The lowest BCUT2D eigenvalue weighted by atomic mass is 10.1. The third-order valence-corrected chi connectivity index (χ3v) is 9.96. The van der Waals surface area contributed by atoms with Crippen LogP contribution in [0.4, 0.5) is 31.9 Å². The Balaban J connectivity index is 1.39. The van der Waals surface area contributed by atoms with E-state index >= 15 is 0 Å². The summed E-state index contributed by atoms with van der Waals surface area (Å²) in [4.78, 5) is 23.0. The fourth-order valence-corrected chi connectivity index (χ4v) is 7.16. The van der Waals surface area contributed by atoms with Crippen LogP contribution in [0.15, 0.2) is 40.7 Å². The number of sulfonamides is 1. The number of nitrogens with zero attached hydrogens (tertiary/aromatic N) is 6. The number of alkyl halides is 5. The van der Waals surface area contributed by atoms with E-state index in [1.165, 1.54) is 11.2 Å². The van der Waals surface area contributed by atoms with Gasteiger partial charge in [0.1, 0.15) is 5.69 Å². The number of carbonyl (C=O) groups is 1. The van der Waals surface area contributed by atoms with Gasteiger partial charge in [-0.25, -0.2) is 36.5 Å². The van der Waals surface area contributed by atoms with Gasteiger partial charge < -0.3 is 9.64 Å². The third kappa shape index (κ3) is 5.92. The molecule has 1 N–H and O–H groups in total. The van der Waals surface area contributed by atoms with Crippen molar-refractivity contribution in [3.63, 3.8) is 0 Å². The van der Waals surface area contributed by atoms with Crippen molar-refractivity contribution >= 4 is 38.2 Å². The Morgan fingerprint density at radius 2 is 1.76 bits per heavy atom. The molecule has 0 radical (unpaired) electrons. The van der Waals surface area contributed by atoms with Crippen LogP contribution in [0.3, 0.4) is 0 Å². The first-order valence-corrected chi connectivity index (χ1v) is 14.5. The molecule has 1 aromatic carbocycles. The van der Waals surface area contributed by atoms with Gasteiger partial charge in [0.05, 0.1) is 23.1 Å². The van der Waals surface area contributed by atoms with E-state index in [-0.39, 0.29) is 37.7 Å². The zero-order chi connectivity index (χ0) is 30.4. The summed E-state index contributed by atoms with van der Waals surface area (Å²) in [6.07, 6.45) is -7.79. The van der Waals surface area contributed by atoms with Crippen molar-refractivity contribution in [2.45, 2.75) is 23.7 Å². The van der Waals surface area contributed by atoms with E-state index in [2.05, 4.69) is 20.4 Å². The Morgan fingerprint density at radius 1 is 1.10 bits per heavy atom. The lowest BCUT2D eigenvalue weighted by molar-refractivity contribution is -0.137. The number of hydrogen-bond acceptors (Lipinski definition) is 9. The normalized spacial score (nSPS) is 15.4. The summed E-state index contributed by atoms with van der Waals surface area (Å²) < 4.78 is 100. The van der Waals surface area contributed by atoms with Crippen LogP contribution in [0.5, 0.6) is 5.75 Å². The maximum absolute atomic E-state index is 13.8. The predicted molar refractivity (Wildman–Crippen MR) is 141 cm³/mol. The first kappa shape index (κ1) is 29.7. The van der Waals surface area contributed by atoms with Gasteiger partial charge >= 0.3 is 12.3 Å². The van der Waals surface area contributed by atoms with Crippen LogP contribution >= 0.6 is 11.3 Å². The molecule has 4 aromatic rings. The van der Waals surface area contributed by atoms with Crippen LogP contribution in [0.1, 0.15) is 23.4 Å². The molecule has 0 aliphatic carbocycles. The maximum atomic E-state index is 13.8. The zero-order valence-corrected chi connectivity index (χ0v) is 23.5. The topological polar surface area (TPSA) is 122 Å². The molecule has 11 nitrogen and oxygen atoms in total. The van der Waals surface area contributed by atoms with Gasteiger partial charge in [-0.1, -0.05) is 23.5 Å². The Hall–Kier alpha value is -3.74. The number of rotatable bonds is 6. The summed E-state index contributed by atoms with van der Waals surface area (Å²) in [6, 6.07) is 4.72. The van der Waals surface area contributed by atoms with E-state index in [4.69, 9.17) is 4.74 Å². The van der Waals surface area contributed by atoms with Gasteiger partial charge in [-0.3, -0.25) is 5.32 Å². The summed E-state index contributed by atoms with van der Waals surface area (Å²) in [5, 5.41) is 6.06. The van der Waals surface area contributed by atoms with Gasteiger partial charge in [0.2, 0.25) is 0 Å². The quantitative estimate of drug-likeness (QED) is 0.305. The monoisotopic (exact) mass is 631 g/mol. The maximum Gasteiger partial charge on any atom is 0.419 e. The number of halogens is 5. The van der Waals surface area contributed by atoms with Gasteiger partial charge in [-0.2, -0.15) is 22.6 Å². The first-order chi connectivity index (χ1) is 19.7. The van der Waals surface area contributed by atoms with E-state index in [0.29, 0.717) is 26.2 Å². The summed E-state index contributed by atoms with van der Waals surface area (Å²) >= 11 is 0.732. The highest BCUT2D eigenvalue weighted by Gasteiger charge is 2.32. The van der Waals surface area contributed by atoms with Crippen LogP contribution in [0.2, 0.25) is 0 Å². The van der Waals surface area contributed by atoms with Crippen molar-refractivity contribution in [3.05, 3.63) is 53.5 Å². The number of benzene rings is 1. The van der Waals surface area contributed by atoms with Gasteiger partial charge in [-0.05, 0) is 32.2 Å². The highest BCUT2D eigenvalue weighted by molar-refractivity contribution is 7.91. The standard InChI is InChI=1S/C24H22F5N7O4S2/c1-13-21(42(38,39)35-9-7-34(2)8-10-35)41-22(31-13)33-23(37)40-18-12-30-36-17(19(25)26)11-16(32-20(18)36)14-3-5-15(6-4-14)24(27,28)29/h3-6,11-12,19H,7-10H2,1-2H3,(H,31,33,37). The van der Waals surface area contributed by atoms with Crippen molar-refractivity contribution in [3.8, 4) is 17.0 Å². The van der Waals surface area contributed by atoms with Gasteiger partial charge in [0, 0.05) is 31.7 Å². The van der Waals surface area contributed by atoms with Crippen LogP contribution in [0.25, 0.3) is 16.9 Å². The van der Waals surface area contributed by atoms with Gasteiger partial charge in [0.25, 0.3) is 16.4 Å². The van der Waals surface area contributed by atoms with Crippen molar-refractivity contribution < 1.29 is 39.9 Å². The SMILES string of the molecule is Cc1nc(NC(=O)Oc2cnn3c(C(F)F)cc(-c4ccc(C(F)(F)F)cc4)nc23)sc1S(=O)(=O)N1CCN(C)CC1. The fourth-order valence-electron chi connectivity index (χ4n) is 4.20. The molecule has 0 unspecified atom stereocenters. The van der Waals surface area contributed by atoms with Gasteiger partial charge in [-0.15, -0.1) is 0 Å². The average Bonchev–Trinajstić information content (AvgIpc) is 3.50. The molecule has 18 heteroatoms. The summed E-state index contributed by atoms with van der Waals surface area (Å²) in [7, 11) is -1.96. The predicted octanol–water partition coefficient (Wildman–Crippen LogP) is 4.66. The number of fused-ring (bicyclic) bond motifs is 1. The Bertz CT molecular complexity index is 1730. The van der Waals surface area contributed by atoms with E-state index in [9.17, 15) is 35.2 Å². The van der Waals surface area contributed by atoms with Crippen LogP contribution in [0, 0.1) is 6.92 Å². The number of piperazine rings is 1. The second-order valence-corrected chi connectivity index (χ2v) is 12.4. The van der Waals surface area contributed by atoms with E-state index in [1.807, 2.05) is 11.9 Å². The summed E-state index contributed by atoms with van der Waals surface area (Å²) in [5.41, 5.74) is -1.69. The van der Waals surface area contributed by atoms with Crippen molar-refractivity contribution in [1.82, 2.24) is 28.8 Å². The van der Waals surface area contributed by atoms with Crippen molar-refractivity contribution in [2.75, 3.05) is 38.5 Å². The summed E-state index contributed by atoms with van der Waals surface area (Å²) in [6.45, 7) is 3.22. The molecule has 224 valence electrons. The molecule has 1 fully saturated rings. The molecule has 0 spiro atoms. The minimum Gasteiger partial charge on any atom is -0.404 e. The average molecular weight is 632 g/mol. The highest BCUT2D eigenvalue weighted by atomic mass is 32.2. The highest BCUT2D eigenvalue weighted by Crippen LogP contribution is 2.34. The number of anilines is 1. The lowest BCUT2D eigenvalue weighted by Crippen LogP contribution is -2.46. The Kier molecular flexibility index (Phi) is 7.90. The smallest absolute Gasteiger partial charge is 0.404 e.